The Labute approximate surface area is 254 Å². The zero-order valence-corrected chi connectivity index (χ0v) is 25.0. The van der Waals surface area contributed by atoms with Gasteiger partial charge in [0.15, 0.2) is 5.52 Å². The third-order valence-electron chi connectivity index (χ3n) is 6.55. The normalized spacial score (nSPS) is 12.6. The number of rotatable bonds is 11. The van der Waals surface area contributed by atoms with Crippen LogP contribution in [-0.4, -0.2) is 58.4 Å². The first-order chi connectivity index (χ1) is 21.2. The Morgan fingerprint density at radius 2 is 1.96 bits per heavy atom. The number of nitrogens with zero attached hydrogens (tertiary/aromatic N) is 4. The molecule has 0 unspecified atom stereocenters. The quantitative estimate of drug-likeness (QED) is 0.190. The second kappa shape index (κ2) is 13.1. The van der Waals surface area contributed by atoms with Gasteiger partial charge in [0.05, 0.1) is 40.0 Å². The number of halogens is 3. The van der Waals surface area contributed by atoms with Crippen LogP contribution < -0.4 is 20.3 Å². The number of carbonyl (C=O) groups excluding carboxylic acids is 1. The molecule has 0 spiro atoms. The van der Waals surface area contributed by atoms with E-state index in [1.807, 2.05) is 6.92 Å². The van der Waals surface area contributed by atoms with Crippen LogP contribution in [0, 0.1) is 11.3 Å². The predicted molar refractivity (Wildman–Crippen MR) is 156 cm³/mol. The Kier molecular flexibility index (Phi) is 9.61. The number of sulfonamides is 1. The lowest BCUT2D eigenvalue weighted by molar-refractivity contribution is -0.137. The highest BCUT2D eigenvalue weighted by Gasteiger charge is 2.34. The average molecular weight is 648 g/mol. The molecule has 2 aromatic heterocycles. The first-order valence-corrected chi connectivity index (χ1v) is 15.0. The van der Waals surface area contributed by atoms with Crippen LogP contribution in [-0.2, 0) is 34.5 Å². The number of nitriles is 1. The monoisotopic (exact) mass is 647 g/mol. The number of amides is 1. The number of H-pyrrole nitrogens is 1. The number of alkyl halides is 3. The molecule has 1 amide bonds. The van der Waals surface area contributed by atoms with E-state index < -0.39 is 51.4 Å². The average Bonchev–Trinajstić information content (AvgIpc) is 3.30. The number of aryl methyl sites for hydroxylation is 2. The van der Waals surface area contributed by atoms with Crippen molar-refractivity contribution in [2.45, 2.75) is 43.9 Å². The number of hydrogen-bond acceptors (Lipinski definition) is 9. The Hall–Kier alpha value is -4.79. The Morgan fingerprint density at radius 1 is 1.22 bits per heavy atom. The highest BCUT2D eigenvalue weighted by Crippen LogP contribution is 2.34. The fourth-order valence-corrected chi connectivity index (χ4v) is 5.53. The van der Waals surface area contributed by atoms with Crippen molar-refractivity contribution in [1.29, 1.82) is 5.26 Å². The molecule has 4 rings (SSSR count). The van der Waals surface area contributed by atoms with E-state index in [9.17, 15) is 36.3 Å². The summed E-state index contributed by atoms with van der Waals surface area (Å²) in [5, 5.41) is 25.6. The van der Waals surface area contributed by atoms with Crippen molar-refractivity contribution < 1.29 is 36.2 Å². The predicted octanol–water partition coefficient (Wildman–Crippen LogP) is 2.84. The number of carbonyl (C=O) groups is 1. The summed E-state index contributed by atoms with van der Waals surface area (Å²) >= 11 is 0. The number of benzene rings is 2. The summed E-state index contributed by atoms with van der Waals surface area (Å²) in [5.74, 6) is -0.948. The van der Waals surface area contributed by atoms with Crippen LogP contribution in [0.2, 0.25) is 0 Å². The maximum absolute atomic E-state index is 13.2. The second-order valence-electron chi connectivity index (χ2n) is 9.75. The van der Waals surface area contributed by atoms with Gasteiger partial charge < -0.3 is 20.1 Å². The molecule has 45 heavy (non-hydrogen) atoms. The number of ether oxygens (including phenoxy) is 1. The summed E-state index contributed by atoms with van der Waals surface area (Å²) in [5.41, 5.74) is -1.48. The van der Waals surface area contributed by atoms with E-state index in [-0.39, 0.29) is 39.8 Å². The Balaban J connectivity index is 1.59. The van der Waals surface area contributed by atoms with E-state index in [4.69, 9.17) is 10.00 Å². The second-order valence-corrected chi connectivity index (χ2v) is 11.5. The molecule has 0 aliphatic rings. The third kappa shape index (κ3) is 7.14. The van der Waals surface area contributed by atoms with Gasteiger partial charge in [-0.3, -0.25) is 14.3 Å². The first-order valence-electron chi connectivity index (χ1n) is 13.5. The molecular formula is C28H28F3N7O6S. The van der Waals surface area contributed by atoms with Gasteiger partial charge in [0.25, 0.3) is 11.5 Å². The van der Waals surface area contributed by atoms with Crippen molar-refractivity contribution in [3.05, 3.63) is 63.6 Å². The van der Waals surface area contributed by atoms with E-state index >= 15 is 0 Å². The molecule has 0 aliphatic heterocycles. The molecule has 2 aromatic carbocycles. The number of aliphatic hydroxyl groups excluding tert-OH is 1. The van der Waals surface area contributed by atoms with Crippen molar-refractivity contribution in [2.75, 3.05) is 18.5 Å². The fourth-order valence-electron chi connectivity index (χ4n) is 4.47. The lowest BCUT2D eigenvalue weighted by atomic mass is 10.1. The van der Waals surface area contributed by atoms with Crippen LogP contribution >= 0.6 is 0 Å². The minimum atomic E-state index is -4.87. The van der Waals surface area contributed by atoms with Gasteiger partial charge in [-0.25, -0.2) is 18.1 Å². The molecule has 4 N–H and O–H groups in total. The standard InChI is InChI=1S/C28H28F3N7O6S/c1-4-6-20-23-24(38(3)37-20)27(41)36-25(35-23)18-12-17(9-10-22(18)44-5-2)45(42,43)33-14-21(39)26(40)34-16-8-7-15(13-32)19(11-16)28(29,30)31/h7-12,21,33,39H,4-6,14H2,1-3H3,(H,34,40)(H,35,36,41)/t21-/m1/s1. The minimum absolute atomic E-state index is 0.0263. The van der Waals surface area contributed by atoms with Crippen LogP contribution in [0.3, 0.4) is 0 Å². The largest absolute Gasteiger partial charge is 0.493 e. The highest BCUT2D eigenvalue weighted by molar-refractivity contribution is 7.89. The molecule has 0 saturated heterocycles. The number of anilines is 1. The summed E-state index contributed by atoms with van der Waals surface area (Å²) < 4.78 is 75.2. The van der Waals surface area contributed by atoms with E-state index in [0.717, 1.165) is 18.6 Å². The van der Waals surface area contributed by atoms with Crippen molar-refractivity contribution in [2.24, 2.45) is 7.05 Å². The molecule has 13 nitrogen and oxygen atoms in total. The topological polar surface area (TPSA) is 192 Å². The maximum atomic E-state index is 13.2. The molecule has 4 aromatic rings. The van der Waals surface area contributed by atoms with Gasteiger partial charge >= 0.3 is 6.18 Å². The number of aromatic nitrogens is 4. The van der Waals surface area contributed by atoms with Crippen LogP contribution in [0.15, 0.2) is 46.1 Å². The smallest absolute Gasteiger partial charge is 0.417 e. The molecule has 17 heteroatoms. The van der Waals surface area contributed by atoms with Crippen LogP contribution in [0.4, 0.5) is 18.9 Å². The summed E-state index contributed by atoms with van der Waals surface area (Å²) in [6.07, 6.45) is -5.59. The van der Waals surface area contributed by atoms with Crippen LogP contribution in [0.25, 0.3) is 22.4 Å². The van der Waals surface area contributed by atoms with Gasteiger partial charge in [-0.1, -0.05) is 13.3 Å². The van der Waals surface area contributed by atoms with Crippen LogP contribution in [0.5, 0.6) is 5.75 Å². The lowest BCUT2D eigenvalue weighted by Gasteiger charge is -2.15. The molecule has 0 fully saturated rings. The van der Waals surface area contributed by atoms with Crippen molar-refractivity contribution in [1.82, 2.24) is 24.5 Å². The molecule has 0 radical (unpaired) electrons. The molecule has 1 atom stereocenters. The Morgan fingerprint density at radius 3 is 2.60 bits per heavy atom. The van der Waals surface area contributed by atoms with Gasteiger partial charge in [0, 0.05) is 19.3 Å². The Bertz CT molecular complexity index is 1970. The number of aromatic amines is 1. The SMILES string of the molecule is CCCc1nn(C)c2c(=O)[nH]c(-c3cc(S(=O)(=O)NC[C@@H](O)C(=O)Nc4ccc(C#N)c(C(F)(F)F)c4)ccc3OCC)nc12. The van der Waals surface area contributed by atoms with Crippen molar-refractivity contribution >= 4 is 32.7 Å². The van der Waals surface area contributed by atoms with Crippen molar-refractivity contribution in [3.63, 3.8) is 0 Å². The van der Waals surface area contributed by atoms with E-state index in [2.05, 4.69) is 25.1 Å². The summed E-state index contributed by atoms with van der Waals surface area (Å²) in [4.78, 5) is 32.3. The van der Waals surface area contributed by atoms with E-state index in [1.165, 1.54) is 29.0 Å². The molecule has 2 heterocycles. The minimum Gasteiger partial charge on any atom is -0.493 e. The van der Waals surface area contributed by atoms with Gasteiger partial charge in [-0.2, -0.15) is 23.5 Å². The third-order valence-corrected chi connectivity index (χ3v) is 7.97. The fraction of sp³-hybridized carbons (Fsp3) is 0.321. The molecule has 0 aliphatic carbocycles. The van der Waals surface area contributed by atoms with Gasteiger partial charge in [-0.05, 0) is 49.7 Å². The molecular weight excluding hydrogens is 619 g/mol. The lowest BCUT2D eigenvalue weighted by Crippen LogP contribution is -2.39. The molecule has 238 valence electrons. The molecule has 0 bridgehead atoms. The summed E-state index contributed by atoms with van der Waals surface area (Å²) in [6.45, 7) is 3.03. The van der Waals surface area contributed by atoms with E-state index in [1.54, 1.807) is 14.0 Å². The van der Waals surface area contributed by atoms with Crippen molar-refractivity contribution in [3.8, 4) is 23.2 Å². The summed E-state index contributed by atoms with van der Waals surface area (Å²) in [7, 11) is -2.78. The number of aliphatic hydroxyl groups is 1. The highest BCUT2D eigenvalue weighted by atomic mass is 32.2. The van der Waals surface area contributed by atoms with Crippen LogP contribution in [0.1, 0.15) is 37.1 Å². The van der Waals surface area contributed by atoms with E-state index in [0.29, 0.717) is 23.7 Å². The van der Waals surface area contributed by atoms with Gasteiger partial charge in [0.1, 0.15) is 23.2 Å². The zero-order chi connectivity index (χ0) is 33.1. The first kappa shape index (κ1) is 33.1. The zero-order valence-electron chi connectivity index (χ0n) is 24.2. The van der Waals surface area contributed by atoms with Gasteiger partial charge in [0.2, 0.25) is 10.0 Å². The number of nitrogens with one attached hydrogen (secondary N) is 3. The maximum Gasteiger partial charge on any atom is 0.417 e. The molecule has 0 saturated carbocycles. The summed E-state index contributed by atoms with van der Waals surface area (Å²) in [6, 6.07) is 7.61. The number of fused-ring (bicyclic) bond motifs is 1. The van der Waals surface area contributed by atoms with Gasteiger partial charge in [-0.15, -0.1) is 0 Å². The number of hydrogen-bond donors (Lipinski definition) is 4.